The average molecular weight is 416 g/mol. The second-order valence-corrected chi connectivity index (χ2v) is 7.14. The number of benzene rings is 2. The molecule has 2 heterocycles. The van der Waals surface area contributed by atoms with Crippen molar-refractivity contribution in [3.8, 4) is 0 Å². The summed E-state index contributed by atoms with van der Waals surface area (Å²) in [5.74, 6) is -0.803. The number of urea groups is 1. The molecule has 0 spiro atoms. The highest BCUT2D eigenvalue weighted by Gasteiger charge is 2.38. The number of fused-ring (bicyclic) bond motifs is 1. The average Bonchev–Trinajstić information content (AvgIpc) is 3.14. The van der Waals surface area contributed by atoms with E-state index < -0.39 is 17.9 Å². The first-order valence-electron chi connectivity index (χ1n) is 8.14. The number of nitrogens with one attached hydrogen (secondary N) is 2. The molecule has 1 saturated heterocycles. The third kappa shape index (κ3) is 2.99. The van der Waals surface area contributed by atoms with Gasteiger partial charge in [0.15, 0.2) is 0 Å². The number of amides is 3. The molecule has 4 rings (SSSR count). The maximum Gasteiger partial charge on any atom is 0.325 e. The van der Waals surface area contributed by atoms with Gasteiger partial charge in [0.2, 0.25) is 0 Å². The van der Waals surface area contributed by atoms with Crippen molar-refractivity contribution in [1.82, 2.24) is 15.2 Å². The van der Waals surface area contributed by atoms with Gasteiger partial charge in [0.25, 0.3) is 5.91 Å². The third-order valence-electron chi connectivity index (χ3n) is 4.55. The highest BCUT2D eigenvalue weighted by Crippen LogP contribution is 2.23. The maximum absolute atomic E-state index is 14.0. The highest BCUT2D eigenvalue weighted by molar-refractivity contribution is 9.10. The van der Waals surface area contributed by atoms with Crippen LogP contribution in [0.2, 0.25) is 0 Å². The Hall–Kier alpha value is -2.67. The van der Waals surface area contributed by atoms with E-state index in [0.29, 0.717) is 16.5 Å². The molecular weight excluding hydrogens is 401 g/mol. The molecule has 0 bridgehead atoms. The Morgan fingerprint density at radius 3 is 2.73 bits per heavy atom. The largest absolute Gasteiger partial charge is 0.361 e. The first-order chi connectivity index (χ1) is 12.5. The lowest BCUT2D eigenvalue weighted by Gasteiger charge is -2.14. The molecule has 1 aliphatic heterocycles. The van der Waals surface area contributed by atoms with Gasteiger partial charge in [-0.25, -0.2) is 9.18 Å². The monoisotopic (exact) mass is 415 g/mol. The van der Waals surface area contributed by atoms with E-state index in [1.165, 1.54) is 6.07 Å². The van der Waals surface area contributed by atoms with Crippen LogP contribution in [0.5, 0.6) is 0 Å². The summed E-state index contributed by atoms with van der Waals surface area (Å²) in [6.07, 6.45) is 2.23. The van der Waals surface area contributed by atoms with E-state index in [1.807, 2.05) is 30.5 Å². The number of aromatic nitrogens is 1. The van der Waals surface area contributed by atoms with E-state index >= 15 is 0 Å². The molecule has 1 unspecified atom stereocenters. The number of carbonyl (C=O) groups is 2. The molecule has 5 nitrogen and oxygen atoms in total. The summed E-state index contributed by atoms with van der Waals surface area (Å²) in [5.41, 5.74) is 2.23. The molecule has 1 atom stereocenters. The van der Waals surface area contributed by atoms with Crippen LogP contribution in [0.3, 0.4) is 0 Å². The van der Waals surface area contributed by atoms with E-state index in [-0.39, 0.29) is 12.5 Å². The molecule has 3 aromatic rings. The van der Waals surface area contributed by atoms with Crippen molar-refractivity contribution >= 4 is 38.8 Å². The second-order valence-electron chi connectivity index (χ2n) is 6.23. The number of nitrogens with zero attached hydrogens (tertiary/aromatic N) is 1. The number of hydrogen-bond donors (Lipinski definition) is 2. The van der Waals surface area contributed by atoms with Crippen molar-refractivity contribution in [2.45, 2.75) is 19.0 Å². The molecule has 26 heavy (non-hydrogen) atoms. The van der Waals surface area contributed by atoms with Crippen LogP contribution in [0.1, 0.15) is 11.1 Å². The minimum absolute atomic E-state index is 0.0891. The van der Waals surface area contributed by atoms with Gasteiger partial charge in [-0.2, -0.15) is 0 Å². The smallest absolute Gasteiger partial charge is 0.325 e. The second kappa shape index (κ2) is 6.57. The van der Waals surface area contributed by atoms with Crippen LogP contribution in [0.15, 0.2) is 53.1 Å². The molecule has 2 aromatic carbocycles. The zero-order valence-corrected chi connectivity index (χ0v) is 15.2. The van der Waals surface area contributed by atoms with Crippen molar-refractivity contribution in [3.63, 3.8) is 0 Å². The number of aromatic amines is 1. The molecule has 132 valence electrons. The summed E-state index contributed by atoms with van der Waals surface area (Å²) in [5, 5.41) is 3.72. The zero-order chi connectivity index (χ0) is 18.3. The predicted molar refractivity (Wildman–Crippen MR) is 99.0 cm³/mol. The summed E-state index contributed by atoms with van der Waals surface area (Å²) in [7, 11) is 0. The van der Waals surface area contributed by atoms with Gasteiger partial charge >= 0.3 is 6.03 Å². The van der Waals surface area contributed by atoms with Crippen molar-refractivity contribution in [1.29, 1.82) is 0 Å². The maximum atomic E-state index is 14.0. The number of imide groups is 1. The van der Waals surface area contributed by atoms with Crippen molar-refractivity contribution in [2.24, 2.45) is 0 Å². The molecule has 1 aliphatic rings. The van der Waals surface area contributed by atoms with E-state index in [0.717, 1.165) is 21.4 Å². The summed E-state index contributed by atoms with van der Waals surface area (Å²) >= 11 is 3.19. The Morgan fingerprint density at radius 1 is 1.12 bits per heavy atom. The number of para-hydroxylation sites is 1. The van der Waals surface area contributed by atoms with E-state index in [2.05, 4.69) is 26.2 Å². The van der Waals surface area contributed by atoms with Crippen LogP contribution in [0.25, 0.3) is 10.9 Å². The summed E-state index contributed by atoms with van der Waals surface area (Å²) < 4.78 is 14.6. The Labute approximate surface area is 157 Å². The van der Waals surface area contributed by atoms with E-state index in [1.54, 1.807) is 12.1 Å². The standard InChI is InChI=1S/C19H15BrFN3O2/c20-13-6-5-11(15(21)8-13)10-24-18(25)17(23-19(24)26)7-12-9-22-16-4-2-1-3-14(12)16/h1-6,8-9,17,22H,7,10H2,(H,23,26). The summed E-state index contributed by atoms with van der Waals surface area (Å²) in [6, 6.07) is 11.2. The molecule has 0 aliphatic carbocycles. The van der Waals surface area contributed by atoms with Crippen molar-refractivity contribution < 1.29 is 14.0 Å². The molecule has 3 amide bonds. The zero-order valence-electron chi connectivity index (χ0n) is 13.6. The molecular formula is C19H15BrFN3O2. The number of halogens is 2. The fraction of sp³-hybridized carbons (Fsp3) is 0.158. The van der Waals surface area contributed by atoms with E-state index in [4.69, 9.17) is 0 Å². The lowest BCUT2D eigenvalue weighted by Crippen LogP contribution is -2.32. The topological polar surface area (TPSA) is 65.2 Å². The van der Waals surface area contributed by atoms with Crippen molar-refractivity contribution in [2.75, 3.05) is 0 Å². The van der Waals surface area contributed by atoms with Gasteiger partial charge in [-0.1, -0.05) is 40.2 Å². The molecule has 0 radical (unpaired) electrons. The Balaban J connectivity index is 1.53. The number of H-pyrrole nitrogens is 1. The first kappa shape index (κ1) is 16.8. The van der Waals surface area contributed by atoms with Gasteiger partial charge in [0, 0.05) is 33.6 Å². The Kier molecular flexibility index (Phi) is 4.24. The lowest BCUT2D eigenvalue weighted by molar-refractivity contribution is -0.127. The number of hydrogen-bond acceptors (Lipinski definition) is 2. The number of rotatable bonds is 4. The first-order valence-corrected chi connectivity index (χ1v) is 8.93. The van der Waals surface area contributed by atoms with Crippen LogP contribution in [0.4, 0.5) is 9.18 Å². The fourth-order valence-electron chi connectivity index (χ4n) is 3.21. The SMILES string of the molecule is O=C1NC(Cc2c[nH]c3ccccc23)C(=O)N1Cc1ccc(Br)cc1F. The lowest BCUT2D eigenvalue weighted by atomic mass is 10.0. The summed E-state index contributed by atoms with van der Waals surface area (Å²) in [6.45, 7) is -0.0891. The normalized spacial score (nSPS) is 17.2. The molecule has 2 N–H and O–H groups in total. The molecule has 1 fully saturated rings. The molecule has 7 heteroatoms. The van der Waals surface area contributed by atoms with E-state index in [9.17, 15) is 14.0 Å². The highest BCUT2D eigenvalue weighted by atomic mass is 79.9. The minimum atomic E-state index is -0.653. The third-order valence-corrected chi connectivity index (χ3v) is 5.04. The quantitative estimate of drug-likeness (QED) is 0.637. The van der Waals surface area contributed by atoms with Gasteiger partial charge in [-0.05, 0) is 23.8 Å². The Bertz CT molecular complexity index is 1020. The summed E-state index contributed by atoms with van der Waals surface area (Å²) in [4.78, 5) is 29.1. The van der Waals surface area contributed by atoms with Crippen LogP contribution in [-0.2, 0) is 17.8 Å². The van der Waals surface area contributed by atoms with Crippen LogP contribution >= 0.6 is 15.9 Å². The van der Waals surface area contributed by atoms with Crippen LogP contribution in [0, 0.1) is 5.82 Å². The Morgan fingerprint density at radius 2 is 1.92 bits per heavy atom. The fourth-order valence-corrected chi connectivity index (χ4v) is 3.54. The van der Waals surface area contributed by atoms with Gasteiger partial charge < -0.3 is 10.3 Å². The van der Waals surface area contributed by atoms with Crippen LogP contribution < -0.4 is 5.32 Å². The van der Waals surface area contributed by atoms with Gasteiger partial charge in [-0.15, -0.1) is 0 Å². The molecule has 1 aromatic heterocycles. The minimum Gasteiger partial charge on any atom is -0.361 e. The van der Waals surface area contributed by atoms with Gasteiger partial charge in [0.05, 0.1) is 6.54 Å². The van der Waals surface area contributed by atoms with Crippen LogP contribution in [-0.4, -0.2) is 27.9 Å². The predicted octanol–water partition coefficient (Wildman–Crippen LogP) is 3.73. The number of carbonyl (C=O) groups excluding carboxylic acids is 2. The van der Waals surface area contributed by atoms with Crippen molar-refractivity contribution in [3.05, 3.63) is 70.1 Å². The van der Waals surface area contributed by atoms with Gasteiger partial charge in [0.1, 0.15) is 11.9 Å². The van der Waals surface area contributed by atoms with Gasteiger partial charge in [-0.3, -0.25) is 9.69 Å². The molecule has 0 saturated carbocycles.